The number of halogens is 1. The number of aromatic nitrogens is 1. The van der Waals surface area contributed by atoms with Gasteiger partial charge in [0, 0.05) is 18.3 Å². The highest BCUT2D eigenvalue weighted by atomic mass is 19.1. The van der Waals surface area contributed by atoms with Crippen molar-refractivity contribution in [3.05, 3.63) is 53.7 Å². The first-order valence-corrected chi connectivity index (χ1v) is 6.95. The minimum atomic E-state index is -0.780. The Morgan fingerprint density at radius 1 is 1.25 bits per heavy atom. The van der Waals surface area contributed by atoms with Crippen LogP contribution in [0.3, 0.4) is 0 Å². The number of aliphatic imine (C=N–C) groups is 1. The second-order valence-corrected chi connectivity index (χ2v) is 5.47. The molecule has 2 aromatic rings. The highest BCUT2D eigenvalue weighted by Crippen LogP contribution is 2.41. The molecule has 1 saturated carbocycles. The van der Waals surface area contributed by atoms with Crippen molar-refractivity contribution in [2.75, 3.05) is 0 Å². The van der Waals surface area contributed by atoms with Crippen LogP contribution in [-0.4, -0.2) is 15.2 Å². The van der Waals surface area contributed by atoms with Crippen LogP contribution >= 0.6 is 0 Å². The molecule has 102 valence electrons. The van der Waals surface area contributed by atoms with Crippen molar-refractivity contribution in [1.82, 2.24) is 4.40 Å². The third-order valence-corrected chi connectivity index (χ3v) is 4.08. The van der Waals surface area contributed by atoms with Crippen molar-refractivity contribution in [2.45, 2.75) is 31.3 Å². The third kappa shape index (κ3) is 1.72. The lowest BCUT2D eigenvalue weighted by Gasteiger charge is -2.16. The SMILES string of the molecule is OC(C1=NC=CC1)c1ccc(F)c2ccc(C3CC3)n12. The number of aliphatic hydroxyl groups excluding tert-OH is 1. The molecule has 1 aliphatic heterocycles. The number of aliphatic hydroxyl groups is 1. The third-order valence-electron chi connectivity index (χ3n) is 4.08. The fourth-order valence-electron chi connectivity index (χ4n) is 2.88. The van der Waals surface area contributed by atoms with E-state index in [0.29, 0.717) is 29.3 Å². The molecule has 0 bridgehead atoms. The fourth-order valence-corrected chi connectivity index (χ4v) is 2.88. The maximum atomic E-state index is 14.0. The van der Waals surface area contributed by atoms with Crippen LogP contribution in [0, 0.1) is 5.82 Å². The molecular weight excluding hydrogens is 255 g/mol. The molecule has 0 saturated heterocycles. The molecule has 0 aromatic carbocycles. The Bertz CT molecular complexity index is 740. The summed E-state index contributed by atoms with van der Waals surface area (Å²) in [4.78, 5) is 4.19. The fraction of sp³-hybridized carbons (Fsp3) is 0.312. The Morgan fingerprint density at radius 3 is 2.80 bits per heavy atom. The Kier molecular flexibility index (Phi) is 2.54. The van der Waals surface area contributed by atoms with Gasteiger partial charge >= 0.3 is 0 Å². The van der Waals surface area contributed by atoms with Crippen LogP contribution in [0.5, 0.6) is 0 Å². The van der Waals surface area contributed by atoms with Gasteiger partial charge in [0.25, 0.3) is 0 Å². The van der Waals surface area contributed by atoms with Crippen LogP contribution in [0.25, 0.3) is 5.52 Å². The van der Waals surface area contributed by atoms with Crippen LogP contribution in [0.1, 0.15) is 42.7 Å². The van der Waals surface area contributed by atoms with Gasteiger partial charge in [-0.25, -0.2) is 4.39 Å². The van der Waals surface area contributed by atoms with E-state index in [1.54, 1.807) is 18.3 Å². The van der Waals surface area contributed by atoms with Gasteiger partial charge in [-0.05, 0) is 43.0 Å². The average molecular weight is 270 g/mol. The number of nitrogens with zero attached hydrogens (tertiary/aromatic N) is 2. The van der Waals surface area contributed by atoms with Crippen molar-refractivity contribution < 1.29 is 9.50 Å². The van der Waals surface area contributed by atoms with Gasteiger partial charge in [-0.2, -0.15) is 0 Å². The molecular formula is C16H15FN2O. The largest absolute Gasteiger partial charge is 0.381 e. The van der Waals surface area contributed by atoms with E-state index in [0.717, 1.165) is 18.5 Å². The molecule has 1 N–H and O–H groups in total. The number of allylic oxidation sites excluding steroid dienone is 1. The first-order valence-electron chi connectivity index (χ1n) is 6.95. The summed E-state index contributed by atoms with van der Waals surface area (Å²) in [5.41, 5.74) is 3.05. The minimum absolute atomic E-state index is 0.251. The Balaban J connectivity index is 1.89. The van der Waals surface area contributed by atoms with E-state index in [1.807, 2.05) is 16.5 Å². The number of pyridine rings is 1. The molecule has 4 rings (SSSR count). The second-order valence-electron chi connectivity index (χ2n) is 5.47. The van der Waals surface area contributed by atoms with Crippen LogP contribution in [0.4, 0.5) is 4.39 Å². The lowest BCUT2D eigenvalue weighted by molar-refractivity contribution is 0.239. The predicted octanol–water partition coefficient (Wildman–Crippen LogP) is 3.35. The minimum Gasteiger partial charge on any atom is -0.381 e. The summed E-state index contributed by atoms with van der Waals surface area (Å²) in [6.07, 6.45) is 5.77. The van der Waals surface area contributed by atoms with Crippen LogP contribution in [-0.2, 0) is 0 Å². The van der Waals surface area contributed by atoms with Gasteiger partial charge < -0.3 is 9.51 Å². The van der Waals surface area contributed by atoms with E-state index >= 15 is 0 Å². The molecule has 1 fully saturated rings. The van der Waals surface area contributed by atoms with Crippen molar-refractivity contribution in [3.63, 3.8) is 0 Å². The van der Waals surface area contributed by atoms with Crippen LogP contribution in [0.15, 0.2) is 41.5 Å². The highest BCUT2D eigenvalue weighted by molar-refractivity contribution is 5.92. The smallest absolute Gasteiger partial charge is 0.147 e. The number of hydrogen-bond donors (Lipinski definition) is 1. The molecule has 1 aliphatic carbocycles. The molecule has 0 radical (unpaired) electrons. The van der Waals surface area contributed by atoms with Gasteiger partial charge in [0.2, 0.25) is 0 Å². The van der Waals surface area contributed by atoms with Gasteiger partial charge in [-0.15, -0.1) is 0 Å². The predicted molar refractivity (Wildman–Crippen MR) is 75.5 cm³/mol. The van der Waals surface area contributed by atoms with Crippen LogP contribution in [0.2, 0.25) is 0 Å². The van der Waals surface area contributed by atoms with E-state index in [9.17, 15) is 9.50 Å². The maximum absolute atomic E-state index is 14.0. The molecule has 20 heavy (non-hydrogen) atoms. The molecule has 3 nitrogen and oxygen atoms in total. The van der Waals surface area contributed by atoms with Gasteiger partial charge in [0.05, 0.1) is 16.9 Å². The summed E-state index contributed by atoms with van der Waals surface area (Å²) in [5.74, 6) is 0.244. The van der Waals surface area contributed by atoms with Gasteiger partial charge in [0.1, 0.15) is 11.9 Å². The molecule has 0 amide bonds. The van der Waals surface area contributed by atoms with E-state index in [4.69, 9.17) is 0 Å². The first kappa shape index (κ1) is 11.9. The van der Waals surface area contributed by atoms with Crippen molar-refractivity contribution >= 4 is 11.2 Å². The molecule has 2 aromatic heterocycles. The quantitative estimate of drug-likeness (QED) is 0.912. The Labute approximate surface area is 116 Å². The first-order chi connectivity index (χ1) is 9.75. The summed E-state index contributed by atoms with van der Waals surface area (Å²) in [5, 5.41) is 10.5. The van der Waals surface area contributed by atoms with Crippen molar-refractivity contribution in [2.24, 2.45) is 4.99 Å². The van der Waals surface area contributed by atoms with Crippen molar-refractivity contribution in [1.29, 1.82) is 0 Å². The summed E-state index contributed by atoms with van der Waals surface area (Å²) in [6.45, 7) is 0. The summed E-state index contributed by atoms with van der Waals surface area (Å²) >= 11 is 0. The van der Waals surface area contributed by atoms with Gasteiger partial charge in [-0.3, -0.25) is 4.99 Å². The van der Waals surface area contributed by atoms with Crippen molar-refractivity contribution in [3.8, 4) is 0 Å². The zero-order valence-electron chi connectivity index (χ0n) is 11.0. The zero-order valence-corrected chi connectivity index (χ0v) is 11.0. The van der Waals surface area contributed by atoms with E-state index in [-0.39, 0.29) is 5.82 Å². The van der Waals surface area contributed by atoms with E-state index < -0.39 is 6.10 Å². The van der Waals surface area contributed by atoms with E-state index in [2.05, 4.69) is 4.99 Å². The lowest BCUT2D eigenvalue weighted by atomic mass is 10.1. The molecule has 0 spiro atoms. The van der Waals surface area contributed by atoms with Gasteiger partial charge in [-0.1, -0.05) is 6.08 Å². The molecule has 3 heterocycles. The lowest BCUT2D eigenvalue weighted by Crippen LogP contribution is -2.15. The Hall–Kier alpha value is -1.94. The summed E-state index contributed by atoms with van der Waals surface area (Å²) < 4.78 is 15.8. The molecule has 1 atom stereocenters. The molecule has 1 unspecified atom stereocenters. The standard InChI is InChI=1S/C16H15FN2O/c17-11-5-6-15(16(20)12-2-1-9-18-12)19-13(10-3-4-10)7-8-14(11)19/h1,5-10,16,20H,2-4H2. The molecule has 2 aliphatic rings. The average Bonchev–Trinajstić information content (AvgIpc) is 2.99. The number of fused-ring (bicyclic) bond motifs is 1. The highest BCUT2D eigenvalue weighted by Gasteiger charge is 2.29. The zero-order chi connectivity index (χ0) is 13.7. The maximum Gasteiger partial charge on any atom is 0.147 e. The summed E-state index contributed by atoms with van der Waals surface area (Å²) in [7, 11) is 0. The topological polar surface area (TPSA) is 37.0 Å². The second kappa shape index (κ2) is 4.28. The van der Waals surface area contributed by atoms with Gasteiger partial charge in [0.15, 0.2) is 0 Å². The normalized spacial score (nSPS) is 19.6. The number of rotatable bonds is 3. The molecule has 4 heteroatoms. The summed E-state index contributed by atoms with van der Waals surface area (Å²) in [6, 6.07) is 6.86. The van der Waals surface area contributed by atoms with Crippen LogP contribution < -0.4 is 0 Å². The van der Waals surface area contributed by atoms with E-state index in [1.165, 1.54) is 6.07 Å². The number of hydrogen-bond acceptors (Lipinski definition) is 2. The Morgan fingerprint density at radius 2 is 2.10 bits per heavy atom. The monoisotopic (exact) mass is 270 g/mol.